The lowest BCUT2D eigenvalue weighted by Gasteiger charge is -2.05. The van der Waals surface area contributed by atoms with Crippen LogP contribution in [-0.2, 0) is 6.54 Å². The SMILES string of the molecule is O=C(NCc1ccc(-n2ccnc2)nc1)c1ccc(-c2ccccc2Cl)o1. The molecule has 0 fully saturated rings. The lowest BCUT2D eigenvalue weighted by Crippen LogP contribution is -2.22. The van der Waals surface area contributed by atoms with Crippen molar-refractivity contribution in [1.82, 2.24) is 19.9 Å². The minimum absolute atomic E-state index is 0.230. The van der Waals surface area contributed by atoms with E-state index in [2.05, 4.69) is 15.3 Å². The van der Waals surface area contributed by atoms with Gasteiger partial charge in [0.1, 0.15) is 17.9 Å². The maximum atomic E-state index is 12.3. The molecule has 0 atom stereocenters. The van der Waals surface area contributed by atoms with Gasteiger partial charge in [-0.25, -0.2) is 9.97 Å². The van der Waals surface area contributed by atoms with E-state index in [1.165, 1.54) is 0 Å². The van der Waals surface area contributed by atoms with Gasteiger partial charge in [-0.05, 0) is 35.9 Å². The van der Waals surface area contributed by atoms with Gasteiger partial charge >= 0.3 is 0 Å². The Balaban J connectivity index is 1.41. The molecule has 1 aromatic carbocycles. The zero-order chi connectivity index (χ0) is 18.6. The van der Waals surface area contributed by atoms with Crippen molar-refractivity contribution in [2.75, 3.05) is 0 Å². The first-order valence-corrected chi connectivity index (χ1v) is 8.65. The summed E-state index contributed by atoms with van der Waals surface area (Å²) in [6.45, 7) is 0.345. The molecule has 0 bridgehead atoms. The van der Waals surface area contributed by atoms with E-state index in [1.54, 1.807) is 41.5 Å². The van der Waals surface area contributed by atoms with Crippen LogP contribution in [0.5, 0.6) is 0 Å². The number of pyridine rings is 1. The summed E-state index contributed by atoms with van der Waals surface area (Å²) < 4.78 is 7.45. The van der Waals surface area contributed by atoms with Gasteiger partial charge in [0.15, 0.2) is 5.76 Å². The summed E-state index contributed by atoms with van der Waals surface area (Å²) in [5.41, 5.74) is 1.63. The summed E-state index contributed by atoms with van der Waals surface area (Å²) in [6.07, 6.45) is 6.90. The zero-order valence-corrected chi connectivity index (χ0v) is 14.9. The fraction of sp³-hybridized carbons (Fsp3) is 0.0500. The summed E-state index contributed by atoms with van der Waals surface area (Å²) >= 11 is 6.17. The molecule has 4 aromatic rings. The quantitative estimate of drug-likeness (QED) is 0.567. The largest absolute Gasteiger partial charge is 0.451 e. The first-order valence-electron chi connectivity index (χ1n) is 8.27. The molecular weight excluding hydrogens is 364 g/mol. The van der Waals surface area contributed by atoms with Crippen LogP contribution in [0.3, 0.4) is 0 Å². The number of halogens is 1. The molecular formula is C20H15ClN4O2. The highest BCUT2D eigenvalue weighted by atomic mass is 35.5. The predicted octanol–water partition coefficient (Wildman–Crippen LogP) is 4.11. The topological polar surface area (TPSA) is 73.0 Å². The highest BCUT2D eigenvalue weighted by Crippen LogP contribution is 2.29. The van der Waals surface area contributed by atoms with Crippen LogP contribution < -0.4 is 5.32 Å². The van der Waals surface area contributed by atoms with Crippen molar-refractivity contribution in [3.8, 4) is 17.1 Å². The fourth-order valence-electron chi connectivity index (χ4n) is 2.60. The number of hydrogen-bond donors (Lipinski definition) is 1. The molecule has 0 radical (unpaired) electrons. The minimum Gasteiger partial charge on any atom is -0.451 e. The molecule has 6 nitrogen and oxygen atoms in total. The smallest absolute Gasteiger partial charge is 0.287 e. The molecule has 3 aromatic heterocycles. The van der Waals surface area contributed by atoms with Gasteiger partial charge in [0.05, 0.1) is 5.02 Å². The second kappa shape index (κ2) is 7.47. The predicted molar refractivity (Wildman–Crippen MR) is 102 cm³/mol. The molecule has 1 N–H and O–H groups in total. The maximum Gasteiger partial charge on any atom is 0.287 e. The van der Waals surface area contributed by atoms with Crippen LogP contribution in [0, 0.1) is 0 Å². The van der Waals surface area contributed by atoms with Crippen LogP contribution in [0.2, 0.25) is 5.02 Å². The Hall–Kier alpha value is -3.38. The highest BCUT2D eigenvalue weighted by molar-refractivity contribution is 6.33. The van der Waals surface area contributed by atoms with Gasteiger partial charge in [-0.1, -0.05) is 29.8 Å². The van der Waals surface area contributed by atoms with Gasteiger partial charge in [-0.3, -0.25) is 9.36 Å². The minimum atomic E-state index is -0.299. The van der Waals surface area contributed by atoms with Crippen molar-refractivity contribution in [3.63, 3.8) is 0 Å². The summed E-state index contributed by atoms with van der Waals surface area (Å²) in [5, 5.41) is 3.40. The molecule has 4 rings (SSSR count). The Morgan fingerprint density at radius 2 is 2.04 bits per heavy atom. The van der Waals surface area contributed by atoms with E-state index in [1.807, 2.05) is 36.5 Å². The summed E-state index contributed by atoms with van der Waals surface area (Å²) in [6, 6.07) is 14.5. The maximum absolute atomic E-state index is 12.3. The molecule has 27 heavy (non-hydrogen) atoms. The zero-order valence-electron chi connectivity index (χ0n) is 14.2. The Labute approximate surface area is 160 Å². The number of nitrogens with one attached hydrogen (secondary N) is 1. The number of aromatic nitrogens is 3. The molecule has 0 unspecified atom stereocenters. The van der Waals surface area contributed by atoms with Crippen molar-refractivity contribution >= 4 is 17.5 Å². The van der Waals surface area contributed by atoms with Crippen LogP contribution >= 0.6 is 11.6 Å². The molecule has 0 saturated heterocycles. The van der Waals surface area contributed by atoms with Crippen molar-refractivity contribution in [3.05, 3.63) is 89.8 Å². The standard InChI is InChI=1S/C20H15ClN4O2/c21-16-4-2-1-3-15(16)17-6-7-18(27-17)20(26)24-12-14-5-8-19(23-11-14)25-10-9-22-13-25/h1-11,13H,12H2,(H,24,26). The number of benzene rings is 1. The molecule has 3 heterocycles. The normalized spacial score (nSPS) is 10.7. The number of rotatable bonds is 5. The lowest BCUT2D eigenvalue weighted by atomic mass is 10.2. The lowest BCUT2D eigenvalue weighted by molar-refractivity contribution is 0.0924. The van der Waals surface area contributed by atoms with E-state index in [0.29, 0.717) is 17.3 Å². The van der Waals surface area contributed by atoms with E-state index < -0.39 is 0 Å². The van der Waals surface area contributed by atoms with Gasteiger partial charge in [0.25, 0.3) is 5.91 Å². The van der Waals surface area contributed by atoms with Gasteiger partial charge in [-0.15, -0.1) is 0 Å². The molecule has 0 aliphatic rings. The van der Waals surface area contributed by atoms with Crippen molar-refractivity contribution in [2.45, 2.75) is 6.54 Å². The number of nitrogens with zero attached hydrogens (tertiary/aromatic N) is 3. The van der Waals surface area contributed by atoms with Crippen LogP contribution in [0.4, 0.5) is 0 Å². The van der Waals surface area contributed by atoms with E-state index in [4.69, 9.17) is 16.0 Å². The third-order valence-electron chi connectivity index (χ3n) is 4.00. The van der Waals surface area contributed by atoms with E-state index in [9.17, 15) is 4.79 Å². The first-order chi connectivity index (χ1) is 13.2. The second-order valence-electron chi connectivity index (χ2n) is 5.82. The second-order valence-corrected chi connectivity index (χ2v) is 6.23. The monoisotopic (exact) mass is 378 g/mol. The van der Waals surface area contributed by atoms with Gasteiger partial charge in [0, 0.05) is 30.7 Å². The van der Waals surface area contributed by atoms with Crippen molar-refractivity contribution < 1.29 is 9.21 Å². The third kappa shape index (κ3) is 3.75. The molecule has 0 aliphatic carbocycles. The number of furan rings is 1. The van der Waals surface area contributed by atoms with Gasteiger partial charge in [-0.2, -0.15) is 0 Å². The van der Waals surface area contributed by atoms with Crippen molar-refractivity contribution in [1.29, 1.82) is 0 Å². The number of hydrogen-bond acceptors (Lipinski definition) is 4. The van der Waals surface area contributed by atoms with Crippen LogP contribution in [0.15, 0.2) is 77.9 Å². The van der Waals surface area contributed by atoms with Crippen LogP contribution in [-0.4, -0.2) is 20.4 Å². The molecule has 1 amide bonds. The first kappa shape index (κ1) is 17.1. The van der Waals surface area contributed by atoms with Crippen molar-refractivity contribution in [2.24, 2.45) is 0 Å². The van der Waals surface area contributed by atoms with Crippen LogP contribution in [0.1, 0.15) is 16.1 Å². The number of carbonyl (C=O) groups excluding carboxylic acids is 1. The summed E-state index contributed by atoms with van der Waals surface area (Å²) in [5.74, 6) is 1.25. The molecule has 0 aliphatic heterocycles. The Morgan fingerprint density at radius 3 is 2.78 bits per heavy atom. The summed E-state index contributed by atoms with van der Waals surface area (Å²) in [7, 11) is 0. The number of carbonyl (C=O) groups is 1. The van der Waals surface area contributed by atoms with Crippen LogP contribution in [0.25, 0.3) is 17.1 Å². The Morgan fingerprint density at radius 1 is 1.15 bits per heavy atom. The Kier molecular flexibility index (Phi) is 4.72. The van der Waals surface area contributed by atoms with Gasteiger partial charge in [0.2, 0.25) is 0 Å². The third-order valence-corrected chi connectivity index (χ3v) is 4.33. The van der Waals surface area contributed by atoms with E-state index in [0.717, 1.165) is 16.9 Å². The summed E-state index contributed by atoms with van der Waals surface area (Å²) in [4.78, 5) is 20.7. The molecule has 134 valence electrons. The molecule has 0 spiro atoms. The fourth-order valence-corrected chi connectivity index (χ4v) is 2.83. The van der Waals surface area contributed by atoms with E-state index >= 15 is 0 Å². The Bertz CT molecular complexity index is 1060. The number of amides is 1. The average Bonchev–Trinajstić information content (AvgIpc) is 3.39. The van der Waals surface area contributed by atoms with Gasteiger partial charge < -0.3 is 9.73 Å². The molecule has 7 heteroatoms. The number of imidazole rings is 1. The van der Waals surface area contributed by atoms with E-state index in [-0.39, 0.29) is 11.7 Å². The molecule has 0 saturated carbocycles. The average molecular weight is 379 g/mol. The highest BCUT2D eigenvalue weighted by Gasteiger charge is 2.13.